The van der Waals surface area contributed by atoms with E-state index in [0.717, 1.165) is 11.6 Å². The van der Waals surface area contributed by atoms with Crippen molar-refractivity contribution in [2.45, 2.75) is 26.8 Å². The number of carbonyl (C=O) groups excluding carboxylic acids is 1. The summed E-state index contributed by atoms with van der Waals surface area (Å²) >= 11 is 12.2. The number of sulfonamides is 1. The first-order valence-corrected chi connectivity index (χ1v) is 12.4. The standard InChI is InChI=1S/C21H27Cl2N3O5S/c1-15(2)8-11-32(28,29)25-20(27)7-6-18-13-21(31-10-9-30-3)24-26(18)14-16-4-5-17(22)12-19(16)23/h4-7,12-13,15H,8-11,14H2,1-3H3,(H,25,27). The molecule has 32 heavy (non-hydrogen) atoms. The number of halogens is 2. The molecule has 0 aliphatic heterocycles. The van der Waals surface area contributed by atoms with Gasteiger partial charge < -0.3 is 9.47 Å². The lowest BCUT2D eigenvalue weighted by Gasteiger charge is -2.08. The molecular formula is C21H27Cl2N3O5S. The van der Waals surface area contributed by atoms with E-state index in [9.17, 15) is 13.2 Å². The minimum atomic E-state index is -3.70. The molecule has 176 valence electrons. The zero-order valence-electron chi connectivity index (χ0n) is 18.2. The van der Waals surface area contributed by atoms with Crippen LogP contribution in [-0.2, 0) is 26.1 Å². The molecule has 0 fully saturated rings. The summed E-state index contributed by atoms with van der Waals surface area (Å²) in [6, 6.07) is 6.76. The molecule has 0 unspecified atom stereocenters. The van der Waals surface area contributed by atoms with Gasteiger partial charge >= 0.3 is 0 Å². The van der Waals surface area contributed by atoms with Crippen LogP contribution >= 0.6 is 23.2 Å². The van der Waals surface area contributed by atoms with Crippen LogP contribution in [0.5, 0.6) is 5.88 Å². The van der Waals surface area contributed by atoms with Gasteiger partial charge in [-0.15, -0.1) is 5.10 Å². The van der Waals surface area contributed by atoms with E-state index in [1.54, 1.807) is 36.1 Å². The fourth-order valence-corrected chi connectivity index (χ4v) is 4.30. The molecule has 2 aromatic rings. The van der Waals surface area contributed by atoms with Crippen LogP contribution in [-0.4, -0.2) is 50.2 Å². The van der Waals surface area contributed by atoms with Gasteiger partial charge in [0, 0.05) is 29.3 Å². The quantitative estimate of drug-likeness (QED) is 0.349. The highest BCUT2D eigenvalue weighted by Crippen LogP contribution is 2.23. The molecule has 0 radical (unpaired) electrons. The Balaban J connectivity index is 2.19. The Morgan fingerprint density at radius 2 is 2.00 bits per heavy atom. The molecule has 1 aromatic heterocycles. The number of carbonyl (C=O) groups is 1. The summed E-state index contributed by atoms with van der Waals surface area (Å²) in [4.78, 5) is 12.2. The molecule has 0 spiro atoms. The lowest BCUT2D eigenvalue weighted by Crippen LogP contribution is -2.31. The summed E-state index contributed by atoms with van der Waals surface area (Å²) in [7, 11) is -2.14. The molecule has 1 amide bonds. The molecule has 8 nitrogen and oxygen atoms in total. The van der Waals surface area contributed by atoms with Gasteiger partial charge in [0.1, 0.15) is 6.61 Å². The van der Waals surface area contributed by atoms with E-state index in [-0.39, 0.29) is 18.2 Å². The van der Waals surface area contributed by atoms with Gasteiger partial charge in [0.05, 0.1) is 24.6 Å². The molecule has 0 bridgehead atoms. The zero-order valence-corrected chi connectivity index (χ0v) is 20.5. The lowest BCUT2D eigenvalue weighted by atomic mass is 10.2. The Bertz CT molecular complexity index is 1050. The van der Waals surface area contributed by atoms with Crippen LogP contribution in [0.1, 0.15) is 31.5 Å². The number of aromatic nitrogens is 2. The van der Waals surface area contributed by atoms with Crippen LogP contribution in [0.15, 0.2) is 30.3 Å². The number of hydrogen-bond acceptors (Lipinski definition) is 6. The molecule has 0 saturated heterocycles. The normalized spacial score (nSPS) is 11.9. The number of benzene rings is 1. The highest BCUT2D eigenvalue weighted by atomic mass is 35.5. The van der Waals surface area contributed by atoms with E-state index >= 15 is 0 Å². The Hall–Kier alpha value is -2.07. The van der Waals surface area contributed by atoms with E-state index in [1.807, 2.05) is 18.6 Å². The predicted octanol–water partition coefficient (Wildman–Crippen LogP) is 3.77. The number of rotatable bonds is 12. The minimum Gasteiger partial charge on any atom is -0.474 e. The predicted molar refractivity (Wildman–Crippen MR) is 126 cm³/mol. The van der Waals surface area contributed by atoms with Crippen molar-refractivity contribution in [1.29, 1.82) is 0 Å². The Morgan fingerprint density at radius 1 is 1.25 bits per heavy atom. The van der Waals surface area contributed by atoms with Crippen molar-refractivity contribution < 1.29 is 22.7 Å². The lowest BCUT2D eigenvalue weighted by molar-refractivity contribution is -0.114. The first-order chi connectivity index (χ1) is 15.1. The van der Waals surface area contributed by atoms with Gasteiger partial charge in [-0.3, -0.25) is 9.48 Å². The van der Waals surface area contributed by atoms with Crippen molar-refractivity contribution in [3.8, 4) is 5.88 Å². The van der Waals surface area contributed by atoms with Crippen LogP contribution < -0.4 is 9.46 Å². The first-order valence-electron chi connectivity index (χ1n) is 9.95. The molecule has 0 saturated carbocycles. The second-order valence-corrected chi connectivity index (χ2v) is 10.1. The summed E-state index contributed by atoms with van der Waals surface area (Å²) < 4.78 is 38.2. The highest BCUT2D eigenvalue weighted by molar-refractivity contribution is 7.90. The van der Waals surface area contributed by atoms with Crippen LogP contribution in [0.2, 0.25) is 10.0 Å². The maximum Gasteiger partial charge on any atom is 0.257 e. The highest BCUT2D eigenvalue weighted by Gasteiger charge is 2.14. The average Bonchev–Trinajstić information content (AvgIpc) is 3.08. The maximum absolute atomic E-state index is 12.2. The van der Waals surface area contributed by atoms with Gasteiger partial charge in [-0.2, -0.15) is 0 Å². The largest absolute Gasteiger partial charge is 0.474 e. The molecule has 1 aromatic carbocycles. The van der Waals surface area contributed by atoms with E-state index in [0.29, 0.717) is 41.3 Å². The third-order valence-corrected chi connectivity index (χ3v) is 6.16. The fourth-order valence-electron chi connectivity index (χ4n) is 2.57. The SMILES string of the molecule is COCCOc1cc(C=CC(=O)NS(=O)(=O)CCC(C)C)n(Cc2ccc(Cl)cc2Cl)n1. The van der Waals surface area contributed by atoms with E-state index in [4.69, 9.17) is 32.7 Å². The number of methoxy groups -OCH3 is 1. The molecule has 11 heteroatoms. The number of hydrogen-bond donors (Lipinski definition) is 1. The van der Waals surface area contributed by atoms with Crippen molar-refractivity contribution in [3.05, 3.63) is 51.6 Å². The second kappa shape index (κ2) is 12.2. The number of ether oxygens (including phenoxy) is 2. The fraction of sp³-hybridized carbons (Fsp3) is 0.429. The number of nitrogens with one attached hydrogen (secondary N) is 1. The van der Waals surface area contributed by atoms with Crippen LogP contribution in [0.25, 0.3) is 6.08 Å². The average molecular weight is 504 g/mol. The molecule has 0 aliphatic carbocycles. The summed E-state index contributed by atoms with van der Waals surface area (Å²) in [6.45, 7) is 4.80. The first kappa shape index (κ1) is 26.2. The summed E-state index contributed by atoms with van der Waals surface area (Å²) in [5.74, 6) is -0.318. The molecular weight excluding hydrogens is 477 g/mol. The van der Waals surface area contributed by atoms with Gasteiger partial charge in [0.25, 0.3) is 5.91 Å². The van der Waals surface area contributed by atoms with E-state index in [1.165, 1.54) is 6.08 Å². The number of amides is 1. The van der Waals surface area contributed by atoms with Crippen LogP contribution in [0, 0.1) is 5.92 Å². The van der Waals surface area contributed by atoms with Crippen LogP contribution in [0.3, 0.4) is 0 Å². The molecule has 1 heterocycles. The van der Waals surface area contributed by atoms with Crippen molar-refractivity contribution in [3.63, 3.8) is 0 Å². The van der Waals surface area contributed by atoms with Gasteiger partial charge in [-0.1, -0.05) is 43.1 Å². The van der Waals surface area contributed by atoms with Crippen molar-refractivity contribution in [2.24, 2.45) is 5.92 Å². The van der Waals surface area contributed by atoms with Crippen molar-refractivity contribution >= 4 is 45.2 Å². The van der Waals surface area contributed by atoms with Crippen molar-refractivity contribution in [1.82, 2.24) is 14.5 Å². The third-order valence-electron chi connectivity index (χ3n) is 4.29. The minimum absolute atomic E-state index is 0.116. The van der Waals surface area contributed by atoms with Gasteiger partial charge in [0.15, 0.2) is 0 Å². The van der Waals surface area contributed by atoms with Gasteiger partial charge in [0.2, 0.25) is 15.9 Å². The molecule has 2 rings (SSSR count). The van der Waals surface area contributed by atoms with Gasteiger partial charge in [-0.05, 0) is 36.1 Å². The van der Waals surface area contributed by atoms with E-state index in [2.05, 4.69) is 5.10 Å². The molecule has 1 N–H and O–H groups in total. The molecule has 0 aliphatic rings. The topological polar surface area (TPSA) is 99.5 Å². The number of nitrogens with zero attached hydrogens (tertiary/aromatic N) is 2. The molecule has 0 atom stereocenters. The smallest absolute Gasteiger partial charge is 0.257 e. The summed E-state index contributed by atoms with van der Waals surface area (Å²) in [5, 5.41) is 5.37. The summed E-state index contributed by atoms with van der Waals surface area (Å²) in [5.41, 5.74) is 1.29. The zero-order chi connectivity index (χ0) is 23.7. The van der Waals surface area contributed by atoms with Gasteiger partial charge in [-0.25, -0.2) is 13.1 Å². The van der Waals surface area contributed by atoms with Crippen molar-refractivity contribution in [2.75, 3.05) is 26.1 Å². The second-order valence-electron chi connectivity index (χ2n) is 7.44. The monoisotopic (exact) mass is 503 g/mol. The maximum atomic E-state index is 12.2. The van der Waals surface area contributed by atoms with Crippen LogP contribution in [0.4, 0.5) is 0 Å². The van der Waals surface area contributed by atoms with E-state index < -0.39 is 15.9 Å². The Kier molecular flexibility index (Phi) is 10.0. The third kappa shape index (κ3) is 8.82. The Morgan fingerprint density at radius 3 is 2.66 bits per heavy atom. The Labute approximate surface area is 198 Å². The summed E-state index contributed by atoms with van der Waals surface area (Å²) in [6.07, 6.45) is 3.07.